The third kappa shape index (κ3) is 3.16. The topological polar surface area (TPSA) is 152 Å². The van der Waals surface area contributed by atoms with E-state index in [1.807, 2.05) is 31.2 Å². The van der Waals surface area contributed by atoms with Crippen LogP contribution in [0.1, 0.15) is 17.4 Å². The van der Waals surface area contributed by atoms with Gasteiger partial charge in [-0.2, -0.15) is 9.97 Å². The Labute approximate surface area is 160 Å². The van der Waals surface area contributed by atoms with E-state index in [1.165, 1.54) is 10.9 Å². The second-order valence-electron chi connectivity index (χ2n) is 6.77. The zero-order chi connectivity index (χ0) is 19.8. The Bertz CT molecular complexity index is 993. The van der Waals surface area contributed by atoms with Crippen molar-refractivity contribution in [2.75, 3.05) is 17.7 Å². The standard InChI is InChI=1S/C18H22N6O4/c1-9-4-2-3-5-10(9)6-20-18-22-15(19)12-16(23-18)24(8-21-12)17-14(27)13(26)11(7-25)28-17/h2-5,8,11,13-14,17,25-27H,6-7H2,1H3,(H3,19,20,22,23)/t11-,13-,14-,17-/m1/s1. The minimum atomic E-state index is -1.24. The Kier molecular flexibility index (Phi) is 4.85. The van der Waals surface area contributed by atoms with Gasteiger partial charge >= 0.3 is 0 Å². The maximum absolute atomic E-state index is 10.3. The van der Waals surface area contributed by atoms with Gasteiger partial charge in [0.25, 0.3) is 0 Å². The molecule has 1 saturated heterocycles. The number of fused-ring (bicyclic) bond motifs is 1. The highest BCUT2D eigenvalue weighted by Crippen LogP contribution is 2.32. The highest BCUT2D eigenvalue weighted by molar-refractivity contribution is 5.83. The lowest BCUT2D eigenvalue weighted by Crippen LogP contribution is -2.33. The minimum Gasteiger partial charge on any atom is -0.394 e. The van der Waals surface area contributed by atoms with Crippen LogP contribution in [0.5, 0.6) is 0 Å². The number of benzene rings is 1. The van der Waals surface area contributed by atoms with Gasteiger partial charge in [0.15, 0.2) is 17.7 Å². The molecule has 0 unspecified atom stereocenters. The zero-order valence-electron chi connectivity index (χ0n) is 15.2. The molecule has 0 saturated carbocycles. The molecule has 148 valence electrons. The number of aliphatic hydroxyl groups is 3. The van der Waals surface area contributed by atoms with Crippen LogP contribution in [0.25, 0.3) is 11.2 Å². The minimum absolute atomic E-state index is 0.183. The number of nitrogens with zero attached hydrogens (tertiary/aromatic N) is 4. The maximum Gasteiger partial charge on any atom is 0.227 e. The summed E-state index contributed by atoms with van der Waals surface area (Å²) in [4.78, 5) is 12.9. The molecular weight excluding hydrogens is 364 g/mol. The van der Waals surface area contributed by atoms with E-state index in [9.17, 15) is 15.3 Å². The summed E-state index contributed by atoms with van der Waals surface area (Å²) in [7, 11) is 0. The monoisotopic (exact) mass is 386 g/mol. The first-order valence-corrected chi connectivity index (χ1v) is 8.90. The van der Waals surface area contributed by atoms with Crippen LogP contribution in [0.15, 0.2) is 30.6 Å². The van der Waals surface area contributed by atoms with E-state index in [1.54, 1.807) is 0 Å². The fraction of sp³-hybridized carbons (Fsp3) is 0.389. The van der Waals surface area contributed by atoms with Crippen molar-refractivity contribution in [1.29, 1.82) is 0 Å². The van der Waals surface area contributed by atoms with E-state index in [0.717, 1.165) is 11.1 Å². The Balaban J connectivity index is 1.64. The number of aryl methyl sites for hydroxylation is 1. The fourth-order valence-electron chi connectivity index (χ4n) is 3.30. The van der Waals surface area contributed by atoms with E-state index in [-0.39, 0.29) is 5.82 Å². The largest absolute Gasteiger partial charge is 0.394 e. The summed E-state index contributed by atoms with van der Waals surface area (Å²) in [6.45, 7) is 2.12. The summed E-state index contributed by atoms with van der Waals surface area (Å²) in [5.74, 6) is 0.490. The van der Waals surface area contributed by atoms with Gasteiger partial charge in [-0.15, -0.1) is 0 Å². The van der Waals surface area contributed by atoms with E-state index >= 15 is 0 Å². The van der Waals surface area contributed by atoms with Gasteiger partial charge in [-0.1, -0.05) is 24.3 Å². The number of nitrogens with one attached hydrogen (secondary N) is 1. The smallest absolute Gasteiger partial charge is 0.227 e. The number of nitrogen functional groups attached to an aromatic ring is 1. The highest BCUT2D eigenvalue weighted by atomic mass is 16.6. The number of rotatable bonds is 5. The highest BCUT2D eigenvalue weighted by Gasteiger charge is 2.44. The van der Waals surface area contributed by atoms with Gasteiger partial charge in [0.1, 0.15) is 23.8 Å². The lowest BCUT2D eigenvalue weighted by Gasteiger charge is -2.17. The molecule has 10 heteroatoms. The van der Waals surface area contributed by atoms with Gasteiger partial charge in [0.05, 0.1) is 12.9 Å². The average Bonchev–Trinajstić information content (AvgIpc) is 3.23. The van der Waals surface area contributed by atoms with Crippen molar-refractivity contribution in [2.24, 2.45) is 0 Å². The lowest BCUT2D eigenvalue weighted by molar-refractivity contribution is -0.0511. The summed E-state index contributed by atoms with van der Waals surface area (Å²) in [5.41, 5.74) is 8.98. The maximum atomic E-state index is 10.3. The molecule has 28 heavy (non-hydrogen) atoms. The second kappa shape index (κ2) is 7.32. The summed E-state index contributed by atoms with van der Waals surface area (Å²) in [5, 5.41) is 32.7. The van der Waals surface area contributed by atoms with Crippen LogP contribution < -0.4 is 11.1 Å². The molecule has 4 rings (SSSR count). The molecule has 3 aromatic rings. The average molecular weight is 386 g/mol. The molecule has 10 nitrogen and oxygen atoms in total. The Morgan fingerprint density at radius 3 is 2.71 bits per heavy atom. The third-order valence-corrected chi connectivity index (χ3v) is 4.94. The number of imidazole rings is 1. The number of hydrogen-bond donors (Lipinski definition) is 5. The number of ether oxygens (including phenoxy) is 1. The van der Waals surface area contributed by atoms with Gasteiger partial charge in [-0.3, -0.25) is 4.57 Å². The quantitative estimate of drug-likeness (QED) is 0.406. The first-order valence-electron chi connectivity index (χ1n) is 8.90. The summed E-state index contributed by atoms with van der Waals surface area (Å²) >= 11 is 0. The molecule has 1 aromatic carbocycles. The predicted molar refractivity (Wildman–Crippen MR) is 101 cm³/mol. The molecule has 1 aliphatic rings. The first-order chi connectivity index (χ1) is 13.5. The van der Waals surface area contributed by atoms with Crippen molar-refractivity contribution >= 4 is 22.9 Å². The number of hydrogen-bond acceptors (Lipinski definition) is 9. The van der Waals surface area contributed by atoms with Crippen LogP contribution in [-0.4, -0.2) is 59.8 Å². The number of aliphatic hydroxyl groups excluding tert-OH is 3. The molecule has 1 aliphatic heterocycles. The van der Waals surface area contributed by atoms with Gasteiger partial charge in [0.2, 0.25) is 5.95 Å². The van der Waals surface area contributed by atoms with E-state index in [4.69, 9.17) is 10.5 Å². The summed E-state index contributed by atoms with van der Waals surface area (Å²) < 4.78 is 7.05. The Hall–Kier alpha value is -2.79. The molecule has 6 N–H and O–H groups in total. The molecule has 3 heterocycles. The van der Waals surface area contributed by atoms with Gasteiger partial charge < -0.3 is 31.1 Å². The van der Waals surface area contributed by atoms with Crippen LogP contribution in [0.2, 0.25) is 0 Å². The van der Waals surface area contributed by atoms with Crippen molar-refractivity contribution in [3.05, 3.63) is 41.7 Å². The normalized spacial score (nSPS) is 24.7. The number of nitrogens with two attached hydrogens (primary N) is 1. The molecule has 4 atom stereocenters. The third-order valence-electron chi connectivity index (χ3n) is 4.94. The van der Waals surface area contributed by atoms with Gasteiger partial charge in [-0.25, -0.2) is 4.98 Å². The lowest BCUT2D eigenvalue weighted by atomic mass is 10.1. The van der Waals surface area contributed by atoms with Crippen molar-refractivity contribution in [3.63, 3.8) is 0 Å². The molecule has 0 aliphatic carbocycles. The molecule has 2 aromatic heterocycles. The SMILES string of the molecule is Cc1ccccc1CNc1nc(N)c2ncn([C@@H]3O[C@H](CO)[C@@H](O)[C@H]3O)c2n1. The Morgan fingerprint density at radius 1 is 1.21 bits per heavy atom. The summed E-state index contributed by atoms with van der Waals surface area (Å²) in [6, 6.07) is 7.96. The number of aromatic nitrogens is 4. The van der Waals surface area contributed by atoms with Crippen LogP contribution in [-0.2, 0) is 11.3 Å². The van der Waals surface area contributed by atoms with Crippen molar-refractivity contribution in [1.82, 2.24) is 19.5 Å². The van der Waals surface area contributed by atoms with Crippen LogP contribution in [0.3, 0.4) is 0 Å². The first kappa shape index (κ1) is 18.6. The van der Waals surface area contributed by atoms with Crippen LogP contribution >= 0.6 is 0 Å². The predicted octanol–water partition coefficient (Wildman–Crippen LogP) is -0.0595. The van der Waals surface area contributed by atoms with E-state index < -0.39 is 31.1 Å². The van der Waals surface area contributed by atoms with Crippen LogP contribution in [0, 0.1) is 6.92 Å². The fourth-order valence-corrected chi connectivity index (χ4v) is 3.30. The van der Waals surface area contributed by atoms with Gasteiger partial charge in [-0.05, 0) is 18.1 Å². The Morgan fingerprint density at radius 2 is 2.00 bits per heavy atom. The van der Waals surface area contributed by atoms with Crippen LogP contribution in [0.4, 0.5) is 11.8 Å². The van der Waals surface area contributed by atoms with Gasteiger partial charge in [0, 0.05) is 6.54 Å². The molecule has 1 fully saturated rings. The number of anilines is 2. The molecular formula is C18H22N6O4. The summed E-state index contributed by atoms with van der Waals surface area (Å²) in [6.07, 6.45) is -2.88. The van der Waals surface area contributed by atoms with E-state index in [0.29, 0.717) is 23.7 Å². The second-order valence-corrected chi connectivity index (χ2v) is 6.77. The zero-order valence-corrected chi connectivity index (χ0v) is 15.2. The molecule has 0 spiro atoms. The van der Waals surface area contributed by atoms with Crippen molar-refractivity contribution in [2.45, 2.75) is 38.0 Å². The molecule has 0 bridgehead atoms. The van der Waals surface area contributed by atoms with E-state index in [2.05, 4.69) is 20.3 Å². The molecule has 0 radical (unpaired) electrons. The van der Waals surface area contributed by atoms with Crippen molar-refractivity contribution in [3.8, 4) is 0 Å². The van der Waals surface area contributed by atoms with Crippen molar-refractivity contribution < 1.29 is 20.1 Å². The molecule has 0 amide bonds.